The second-order valence-electron chi connectivity index (χ2n) is 2.97. The summed E-state index contributed by atoms with van der Waals surface area (Å²) in [4.78, 5) is 4.11. The number of nitrogens with one attached hydrogen (secondary N) is 1. The van der Waals surface area contributed by atoms with Gasteiger partial charge in [0.05, 0.1) is 5.25 Å². The summed E-state index contributed by atoms with van der Waals surface area (Å²) in [5.74, 6) is 0. The number of amidine groups is 1. The third kappa shape index (κ3) is 1.65. The Kier molecular flexibility index (Phi) is 2.19. The molecule has 2 nitrogen and oxygen atoms in total. The molecular formula is C10H10N2S. The number of hydrogen-bond acceptors (Lipinski definition) is 2. The van der Waals surface area contributed by atoms with Crippen molar-refractivity contribution in [3.63, 3.8) is 0 Å². The van der Waals surface area contributed by atoms with E-state index in [1.54, 1.807) is 0 Å². The van der Waals surface area contributed by atoms with Gasteiger partial charge >= 0.3 is 0 Å². The largest absolute Gasteiger partial charge is 0.277 e. The van der Waals surface area contributed by atoms with Crippen LogP contribution in [0.25, 0.3) is 0 Å². The molecule has 1 heterocycles. The van der Waals surface area contributed by atoms with Gasteiger partial charge in [0.25, 0.3) is 0 Å². The van der Waals surface area contributed by atoms with Crippen LogP contribution in [0.4, 0.5) is 0 Å². The van der Waals surface area contributed by atoms with Crippen molar-refractivity contribution < 1.29 is 0 Å². The molecule has 0 aliphatic carbocycles. The van der Waals surface area contributed by atoms with Crippen LogP contribution in [0.15, 0.2) is 35.3 Å². The van der Waals surface area contributed by atoms with Crippen LogP contribution in [0.2, 0.25) is 0 Å². The molecule has 66 valence electrons. The van der Waals surface area contributed by atoms with Gasteiger partial charge in [0.15, 0.2) is 5.17 Å². The molecule has 1 aromatic carbocycles. The molecule has 1 atom stereocenters. The van der Waals surface area contributed by atoms with E-state index in [-0.39, 0.29) is 5.25 Å². The number of nitrogens with zero attached hydrogens (tertiary/aromatic N) is 1. The maximum Gasteiger partial charge on any atom is 0.181 e. The van der Waals surface area contributed by atoms with Gasteiger partial charge in [-0.1, -0.05) is 42.1 Å². The lowest BCUT2D eigenvalue weighted by Gasteiger charge is -2.07. The Morgan fingerprint density at radius 3 is 2.54 bits per heavy atom. The fourth-order valence-corrected chi connectivity index (χ4v) is 2.32. The molecule has 0 aromatic heterocycles. The van der Waals surface area contributed by atoms with E-state index in [1.807, 2.05) is 25.1 Å². The van der Waals surface area contributed by atoms with E-state index in [2.05, 4.69) is 17.1 Å². The van der Waals surface area contributed by atoms with Gasteiger partial charge in [-0.05, 0) is 12.5 Å². The molecule has 0 unspecified atom stereocenters. The van der Waals surface area contributed by atoms with Gasteiger partial charge in [0, 0.05) is 5.71 Å². The highest BCUT2D eigenvalue weighted by Gasteiger charge is 2.23. The van der Waals surface area contributed by atoms with Crippen LogP contribution in [0.5, 0.6) is 0 Å². The molecule has 0 spiro atoms. The van der Waals surface area contributed by atoms with Crippen molar-refractivity contribution >= 4 is 22.6 Å². The fourth-order valence-electron chi connectivity index (χ4n) is 1.38. The molecule has 1 aliphatic rings. The van der Waals surface area contributed by atoms with Crippen LogP contribution in [0.3, 0.4) is 0 Å². The first-order valence-electron chi connectivity index (χ1n) is 4.13. The summed E-state index contributed by atoms with van der Waals surface area (Å²) in [5, 5.41) is 8.11. The Morgan fingerprint density at radius 1 is 1.31 bits per heavy atom. The summed E-state index contributed by atoms with van der Waals surface area (Å²) < 4.78 is 0. The van der Waals surface area contributed by atoms with Crippen molar-refractivity contribution in [1.82, 2.24) is 0 Å². The van der Waals surface area contributed by atoms with Gasteiger partial charge in [-0.3, -0.25) is 5.41 Å². The quantitative estimate of drug-likeness (QED) is 0.726. The predicted molar refractivity (Wildman–Crippen MR) is 57.6 cm³/mol. The van der Waals surface area contributed by atoms with Crippen LogP contribution >= 0.6 is 11.8 Å². The Morgan fingerprint density at radius 2 is 2.00 bits per heavy atom. The molecule has 0 bridgehead atoms. The molecule has 0 amide bonds. The van der Waals surface area contributed by atoms with Gasteiger partial charge in [0.2, 0.25) is 0 Å². The molecule has 13 heavy (non-hydrogen) atoms. The first kappa shape index (κ1) is 8.51. The van der Waals surface area contributed by atoms with Crippen molar-refractivity contribution in [2.24, 2.45) is 4.99 Å². The minimum absolute atomic E-state index is 0.258. The Balaban J connectivity index is 2.30. The van der Waals surface area contributed by atoms with Crippen LogP contribution < -0.4 is 0 Å². The Hall–Kier alpha value is -1.09. The lowest BCUT2D eigenvalue weighted by atomic mass is 10.1. The van der Waals surface area contributed by atoms with Gasteiger partial charge < -0.3 is 0 Å². The minimum atomic E-state index is 0.258. The number of rotatable bonds is 1. The highest BCUT2D eigenvalue weighted by atomic mass is 32.2. The zero-order valence-corrected chi connectivity index (χ0v) is 8.14. The van der Waals surface area contributed by atoms with Crippen LogP contribution in [0, 0.1) is 5.41 Å². The van der Waals surface area contributed by atoms with E-state index in [0.717, 1.165) is 5.71 Å². The average Bonchev–Trinajstić information content (AvgIpc) is 2.47. The topological polar surface area (TPSA) is 36.2 Å². The molecule has 0 fully saturated rings. The second kappa shape index (κ2) is 3.34. The summed E-state index contributed by atoms with van der Waals surface area (Å²) in [6.45, 7) is 1.98. The van der Waals surface area contributed by atoms with E-state index in [9.17, 15) is 0 Å². The molecule has 3 heteroatoms. The molecule has 1 aliphatic heterocycles. The fraction of sp³-hybridized carbons (Fsp3) is 0.200. The maximum atomic E-state index is 7.43. The van der Waals surface area contributed by atoms with Crippen LogP contribution in [-0.4, -0.2) is 10.9 Å². The van der Waals surface area contributed by atoms with Gasteiger partial charge in [-0.15, -0.1) is 0 Å². The average molecular weight is 190 g/mol. The first-order valence-corrected chi connectivity index (χ1v) is 5.00. The Labute approximate surface area is 81.6 Å². The Bertz CT molecular complexity index is 356. The van der Waals surface area contributed by atoms with Crippen molar-refractivity contribution in [2.45, 2.75) is 12.2 Å². The molecule has 0 saturated heterocycles. The molecule has 2 rings (SSSR count). The lowest BCUT2D eigenvalue weighted by Crippen LogP contribution is -1.99. The zero-order valence-electron chi connectivity index (χ0n) is 7.32. The minimum Gasteiger partial charge on any atom is -0.277 e. The van der Waals surface area contributed by atoms with Crippen molar-refractivity contribution in [3.8, 4) is 0 Å². The van der Waals surface area contributed by atoms with E-state index < -0.39 is 0 Å². The maximum absolute atomic E-state index is 7.43. The summed E-state index contributed by atoms with van der Waals surface area (Å²) in [7, 11) is 0. The van der Waals surface area contributed by atoms with Crippen molar-refractivity contribution in [2.75, 3.05) is 0 Å². The van der Waals surface area contributed by atoms with Crippen molar-refractivity contribution in [3.05, 3.63) is 35.9 Å². The van der Waals surface area contributed by atoms with Gasteiger partial charge in [-0.2, -0.15) is 0 Å². The monoisotopic (exact) mass is 190 g/mol. The summed E-state index contributed by atoms with van der Waals surface area (Å²) in [6.07, 6.45) is 0. The first-order chi connectivity index (χ1) is 6.27. The summed E-state index contributed by atoms with van der Waals surface area (Å²) >= 11 is 1.51. The van der Waals surface area contributed by atoms with E-state index in [1.165, 1.54) is 17.3 Å². The van der Waals surface area contributed by atoms with Crippen LogP contribution in [0.1, 0.15) is 17.7 Å². The van der Waals surface area contributed by atoms with E-state index in [0.29, 0.717) is 5.17 Å². The molecular weight excluding hydrogens is 180 g/mol. The number of aliphatic imine (C=N–C) groups is 1. The standard InChI is InChI=1S/C10H10N2S/c1-7-9(13-10(11)12-7)8-5-3-2-4-6-8/h2-6,9,11H,1H3/t9-/m0/s1. The normalized spacial score (nSPS) is 21.8. The molecule has 1 N–H and O–H groups in total. The summed E-state index contributed by atoms with van der Waals surface area (Å²) in [6, 6.07) is 10.2. The smallest absolute Gasteiger partial charge is 0.181 e. The molecule has 0 saturated carbocycles. The SMILES string of the molecule is CC1=NC(=N)S[C@@H]1c1ccccc1. The number of benzene rings is 1. The number of thioether (sulfide) groups is 1. The number of hydrogen-bond donors (Lipinski definition) is 1. The zero-order chi connectivity index (χ0) is 9.26. The van der Waals surface area contributed by atoms with Crippen LogP contribution in [-0.2, 0) is 0 Å². The van der Waals surface area contributed by atoms with Gasteiger partial charge in [-0.25, -0.2) is 4.99 Å². The highest BCUT2D eigenvalue weighted by molar-refractivity contribution is 8.15. The second-order valence-corrected chi connectivity index (χ2v) is 4.06. The van der Waals surface area contributed by atoms with E-state index in [4.69, 9.17) is 5.41 Å². The highest BCUT2D eigenvalue weighted by Crippen LogP contribution is 2.35. The lowest BCUT2D eigenvalue weighted by molar-refractivity contribution is 1.29. The summed E-state index contributed by atoms with van der Waals surface area (Å²) in [5.41, 5.74) is 2.26. The van der Waals surface area contributed by atoms with Gasteiger partial charge in [0.1, 0.15) is 0 Å². The third-order valence-corrected chi connectivity index (χ3v) is 3.15. The van der Waals surface area contributed by atoms with Crippen molar-refractivity contribution in [1.29, 1.82) is 5.41 Å². The molecule has 1 aromatic rings. The third-order valence-electron chi connectivity index (χ3n) is 1.99. The molecule has 0 radical (unpaired) electrons. The van der Waals surface area contributed by atoms with E-state index >= 15 is 0 Å². The predicted octanol–water partition coefficient (Wildman–Crippen LogP) is 2.87.